The Morgan fingerprint density at radius 2 is 1.31 bits per heavy atom. The Hall–Kier alpha value is -3.24. The third-order valence-electron chi connectivity index (χ3n) is 7.31. The Kier molecular flexibility index (Phi) is 8.62. The van der Waals surface area contributed by atoms with Gasteiger partial charge in [0.25, 0.3) is 5.91 Å². The normalized spacial score (nSPS) is 18.2. The van der Waals surface area contributed by atoms with Crippen LogP contribution < -0.4 is 4.74 Å². The molecule has 0 radical (unpaired) electrons. The average molecular weight is 550 g/mol. The molecule has 0 aliphatic carbocycles. The van der Waals surface area contributed by atoms with Crippen molar-refractivity contribution < 1.29 is 22.7 Å². The summed E-state index contributed by atoms with van der Waals surface area (Å²) in [6.07, 6.45) is -0.666. The van der Waals surface area contributed by atoms with Gasteiger partial charge in [0.1, 0.15) is 5.75 Å². The molecule has 2 heterocycles. The first-order valence-corrected chi connectivity index (χ1v) is 14.8. The summed E-state index contributed by atoms with van der Waals surface area (Å²) in [5, 5.41) is 0. The number of nitrogens with zero attached hydrogens (tertiary/aromatic N) is 3. The first-order chi connectivity index (χ1) is 18.9. The molecule has 206 valence electrons. The number of morpholine rings is 1. The van der Waals surface area contributed by atoms with Gasteiger partial charge in [-0.2, -0.15) is 4.31 Å². The van der Waals surface area contributed by atoms with Crippen LogP contribution in [0.25, 0.3) is 0 Å². The average Bonchev–Trinajstić information content (AvgIpc) is 2.99. The van der Waals surface area contributed by atoms with Crippen molar-refractivity contribution in [2.75, 3.05) is 52.5 Å². The summed E-state index contributed by atoms with van der Waals surface area (Å²) >= 11 is 0. The summed E-state index contributed by atoms with van der Waals surface area (Å²) in [7, 11) is -3.66. The van der Waals surface area contributed by atoms with Crippen molar-refractivity contribution >= 4 is 15.9 Å². The number of piperazine rings is 1. The molecule has 0 aromatic heterocycles. The Labute approximate surface area is 230 Å². The molecule has 9 heteroatoms. The van der Waals surface area contributed by atoms with E-state index in [2.05, 4.69) is 29.2 Å². The second-order valence-electron chi connectivity index (χ2n) is 9.83. The molecule has 0 N–H and O–H groups in total. The van der Waals surface area contributed by atoms with Crippen LogP contribution in [0.1, 0.15) is 24.1 Å². The fourth-order valence-electron chi connectivity index (χ4n) is 5.22. The highest BCUT2D eigenvalue weighted by Gasteiger charge is 2.32. The molecule has 39 heavy (non-hydrogen) atoms. The molecule has 0 unspecified atom stereocenters. The summed E-state index contributed by atoms with van der Waals surface area (Å²) in [4.78, 5) is 16.9. The first-order valence-electron chi connectivity index (χ1n) is 13.4. The minimum absolute atomic E-state index is 0.0656. The van der Waals surface area contributed by atoms with Crippen LogP contribution in [0.15, 0.2) is 89.8 Å². The Balaban J connectivity index is 1.22. The monoisotopic (exact) mass is 549 g/mol. The van der Waals surface area contributed by atoms with Crippen molar-refractivity contribution in [2.45, 2.75) is 24.0 Å². The molecule has 0 spiro atoms. The van der Waals surface area contributed by atoms with Crippen LogP contribution in [0.4, 0.5) is 0 Å². The zero-order valence-electron chi connectivity index (χ0n) is 22.2. The molecule has 3 aromatic carbocycles. The maximum atomic E-state index is 13.4. The van der Waals surface area contributed by atoms with E-state index in [0.717, 1.165) is 0 Å². The Morgan fingerprint density at radius 1 is 0.769 bits per heavy atom. The lowest BCUT2D eigenvalue weighted by Gasteiger charge is -2.39. The molecule has 1 atom stereocenters. The van der Waals surface area contributed by atoms with Crippen LogP contribution in [0.2, 0.25) is 0 Å². The molecular weight excluding hydrogens is 514 g/mol. The van der Waals surface area contributed by atoms with Gasteiger partial charge in [-0.3, -0.25) is 9.69 Å². The molecule has 5 rings (SSSR count). The Bertz CT molecular complexity index is 1280. The number of amides is 1. The number of hydrogen-bond acceptors (Lipinski definition) is 6. The highest BCUT2D eigenvalue weighted by Crippen LogP contribution is 2.30. The number of sulfonamides is 1. The third kappa shape index (κ3) is 6.33. The number of carbonyl (C=O) groups is 1. The fourth-order valence-corrected chi connectivity index (χ4v) is 6.64. The Morgan fingerprint density at radius 3 is 1.85 bits per heavy atom. The minimum Gasteiger partial charge on any atom is -0.481 e. The van der Waals surface area contributed by atoms with Crippen LogP contribution in [0.5, 0.6) is 5.75 Å². The van der Waals surface area contributed by atoms with E-state index in [4.69, 9.17) is 9.47 Å². The lowest BCUT2D eigenvalue weighted by Crippen LogP contribution is -2.49. The fraction of sp³-hybridized carbons (Fsp3) is 0.367. The van der Waals surface area contributed by atoms with Crippen LogP contribution in [-0.4, -0.2) is 87.0 Å². The molecule has 3 aromatic rings. The second-order valence-corrected chi connectivity index (χ2v) is 11.8. The molecule has 0 saturated carbocycles. The van der Waals surface area contributed by atoms with Gasteiger partial charge in [-0.1, -0.05) is 60.7 Å². The lowest BCUT2D eigenvalue weighted by atomic mass is 9.96. The smallest absolute Gasteiger partial charge is 0.263 e. The van der Waals surface area contributed by atoms with Gasteiger partial charge >= 0.3 is 0 Å². The van der Waals surface area contributed by atoms with Crippen molar-refractivity contribution in [2.24, 2.45) is 0 Å². The van der Waals surface area contributed by atoms with Crippen molar-refractivity contribution in [3.05, 3.63) is 96.1 Å². The molecule has 8 nitrogen and oxygen atoms in total. The third-order valence-corrected chi connectivity index (χ3v) is 9.23. The number of carbonyl (C=O) groups excluding carboxylic acids is 1. The van der Waals surface area contributed by atoms with E-state index < -0.39 is 16.1 Å². The van der Waals surface area contributed by atoms with Crippen molar-refractivity contribution in [1.82, 2.24) is 14.1 Å². The maximum absolute atomic E-state index is 13.4. The summed E-state index contributed by atoms with van der Waals surface area (Å²) < 4.78 is 39.6. The van der Waals surface area contributed by atoms with Gasteiger partial charge in [0.2, 0.25) is 10.0 Å². The van der Waals surface area contributed by atoms with Gasteiger partial charge in [0, 0.05) is 39.3 Å². The number of rotatable bonds is 8. The zero-order chi connectivity index (χ0) is 27.2. The number of benzene rings is 3. The molecule has 2 saturated heterocycles. The van der Waals surface area contributed by atoms with Gasteiger partial charge in [0.15, 0.2) is 6.10 Å². The SMILES string of the molecule is C[C@@H](Oc1ccc(S(=O)(=O)N2CCN(C(c3ccccc3)c3ccccc3)CC2)cc1)C(=O)N1CCOCC1. The predicted molar refractivity (Wildman–Crippen MR) is 149 cm³/mol. The first kappa shape index (κ1) is 27.3. The van der Waals surface area contributed by atoms with Crippen LogP contribution in [0, 0.1) is 0 Å². The number of hydrogen-bond donors (Lipinski definition) is 0. The van der Waals surface area contributed by atoms with Crippen molar-refractivity contribution in [3.8, 4) is 5.75 Å². The maximum Gasteiger partial charge on any atom is 0.263 e. The van der Waals surface area contributed by atoms with Gasteiger partial charge < -0.3 is 14.4 Å². The van der Waals surface area contributed by atoms with E-state index in [1.54, 1.807) is 40.4 Å². The van der Waals surface area contributed by atoms with Gasteiger partial charge in [-0.25, -0.2) is 8.42 Å². The van der Waals surface area contributed by atoms with E-state index in [1.165, 1.54) is 11.1 Å². The summed E-state index contributed by atoms with van der Waals surface area (Å²) in [5.41, 5.74) is 2.38. The quantitative estimate of drug-likeness (QED) is 0.429. The minimum atomic E-state index is -3.66. The molecule has 2 aliphatic rings. The van der Waals surface area contributed by atoms with E-state index in [1.807, 2.05) is 36.4 Å². The van der Waals surface area contributed by atoms with E-state index >= 15 is 0 Å². The summed E-state index contributed by atoms with van der Waals surface area (Å²) in [6.45, 7) is 5.91. The van der Waals surface area contributed by atoms with Gasteiger partial charge in [-0.15, -0.1) is 0 Å². The standard InChI is InChI=1S/C30H35N3O5S/c1-24(30(34)32-20-22-37-23-21-32)38-27-12-14-28(15-13-27)39(35,36)33-18-16-31(17-19-33)29(25-8-4-2-5-9-25)26-10-6-3-7-11-26/h2-15,24,29H,16-23H2,1H3/t24-/m1/s1. The highest BCUT2D eigenvalue weighted by atomic mass is 32.2. The van der Waals surface area contributed by atoms with Crippen LogP contribution in [-0.2, 0) is 19.6 Å². The van der Waals surface area contributed by atoms with Gasteiger partial charge in [0.05, 0.1) is 24.2 Å². The molecule has 0 bridgehead atoms. The van der Waals surface area contributed by atoms with Crippen molar-refractivity contribution in [1.29, 1.82) is 0 Å². The topological polar surface area (TPSA) is 79.4 Å². The second kappa shape index (κ2) is 12.3. The van der Waals surface area contributed by atoms with Crippen LogP contribution in [0.3, 0.4) is 0 Å². The largest absolute Gasteiger partial charge is 0.481 e. The van der Waals surface area contributed by atoms with Crippen LogP contribution >= 0.6 is 0 Å². The lowest BCUT2D eigenvalue weighted by molar-refractivity contribution is -0.142. The molecule has 2 aliphatic heterocycles. The summed E-state index contributed by atoms with van der Waals surface area (Å²) in [6, 6.07) is 27.1. The summed E-state index contributed by atoms with van der Waals surface area (Å²) in [5.74, 6) is 0.360. The molecular formula is C30H35N3O5S. The molecule has 1 amide bonds. The highest BCUT2D eigenvalue weighted by molar-refractivity contribution is 7.89. The number of ether oxygens (including phenoxy) is 2. The van der Waals surface area contributed by atoms with Gasteiger partial charge in [-0.05, 0) is 42.3 Å². The van der Waals surface area contributed by atoms with Crippen molar-refractivity contribution in [3.63, 3.8) is 0 Å². The van der Waals surface area contributed by atoms with E-state index in [9.17, 15) is 13.2 Å². The zero-order valence-corrected chi connectivity index (χ0v) is 23.0. The van der Waals surface area contributed by atoms with E-state index in [-0.39, 0.29) is 16.8 Å². The van der Waals surface area contributed by atoms with E-state index in [0.29, 0.717) is 58.2 Å². The molecule has 2 fully saturated rings. The predicted octanol–water partition coefficient (Wildman–Crippen LogP) is 3.41.